The lowest BCUT2D eigenvalue weighted by Crippen LogP contribution is -2.14. The highest BCUT2D eigenvalue weighted by Gasteiger charge is 2.18. The molecule has 4 aromatic rings. The van der Waals surface area contributed by atoms with Gasteiger partial charge in [-0.15, -0.1) is 11.3 Å². The lowest BCUT2D eigenvalue weighted by Gasteiger charge is -2.07. The molecule has 4 nitrogen and oxygen atoms in total. The van der Waals surface area contributed by atoms with E-state index in [4.69, 9.17) is 0 Å². The van der Waals surface area contributed by atoms with Crippen LogP contribution in [-0.2, 0) is 17.6 Å². The van der Waals surface area contributed by atoms with Crippen molar-refractivity contribution in [1.82, 2.24) is 9.38 Å². The van der Waals surface area contributed by atoms with Gasteiger partial charge in [0.15, 0.2) is 4.96 Å². The van der Waals surface area contributed by atoms with Crippen molar-refractivity contribution < 1.29 is 4.79 Å². The van der Waals surface area contributed by atoms with Gasteiger partial charge in [0.25, 0.3) is 0 Å². The smallest absolute Gasteiger partial charge is 0.230 e. The summed E-state index contributed by atoms with van der Waals surface area (Å²) >= 11 is 1.57. The summed E-state index contributed by atoms with van der Waals surface area (Å²) in [4.78, 5) is 17.7. The van der Waals surface area contributed by atoms with Crippen molar-refractivity contribution in [2.75, 3.05) is 5.32 Å². The molecular weight excluding hydrogens is 330 g/mol. The van der Waals surface area contributed by atoms with Gasteiger partial charge in [0.05, 0.1) is 12.1 Å². The summed E-state index contributed by atoms with van der Waals surface area (Å²) in [6.45, 7) is 0. The van der Waals surface area contributed by atoms with E-state index in [1.165, 1.54) is 22.3 Å². The van der Waals surface area contributed by atoms with E-state index in [2.05, 4.69) is 46.7 Å². The normalized spacial score (nSPS) is 12.2. The molecule has 0 bridgehead atoms. The number of hydrogen-bond donors (Lipinski definition) is 1. The second-order valence-corrected chi connectivity index (χ2v) is 7.13. The van der Waals surface area contributed by atoms with Crippen LogP contribution in [0.15, 0.2) is 60.2 Å². The number of rotatable bonds is 3. The van der Waals surface area contributed by atoms with Crippen LogP contribution in [0.25, 0.3) is 16.1 Å². The molecule has 0 spiro atoms. The number of nitrogens with zero attached hydrogens (tertiary/aromatic N) is 2. The van der Waals surface area contributed by atoms with Gasteiger partial charge in [0, 0.05) is 23.5 Å². The zero-order chi connectivity index (χ0) is 16.8. The molecule has 0 radical (unpaired) electrons. The summed E-state index contributed by atoms with van der Waals surface area (Å²) in [6.07, 6.45) is 5.07. The molecule has 0 saturated heterocycles. The van der Waals surface area contributed by atoms with Crippen LogP contribution in [0.5, 0.6) is 0 Å². The van der Waals surface area contributed by atoms with Crippen molar-refractivity contribution in [2.45, 2.75) is 12.8 Å². The van der Waals surface area contributed by atoms with Crippen molar-refractivity contribution in [1.29, 1.82) is 0 Å². The van der Waals surface area contributed by atoms with Gasteiger partial charge in [-0.25, -0.2) is 4.98 Å². The Hall–Kier alpha value is -2.92. The van der Waals surface area contributed by atoms with Gasteiger partial charge in [0.1, 0.15) is 0 Å². The molecular formula is C20H15N3OS. The van der Waals surface area contributed by atoms with E-state index in [0.29, 0.717) is 0 Å². The first kappa shape index (κ1) is 14.4. The molecule has 2 aromatic heterocycles. The lowest BCUT2D eigenvalue weighted by atomic mass is 10.1. The van der Waals surface area contributed by atoms with Crippen molar-refractivity contribution in [3.63, 3.8) is 0 Å². The Labute approximate surface area is 148 Å². The van der Waals surface area contributed by atoms with E-state index in [1.807, 2.05) is 28.2 Å². The molecule has 1 aliphatic carbocycles. The largest absolute Gasteiger partial charge is 0.326 e. The van der Waals surface area contributed by atoms with Crippen molar-refractivity contribution in [3.05, 3.63) is 77.1 Å². The predicted molar refractivity (Wildman–Crippen MR) is 100 cm³/mol. The van der Waals surface area contributed by atoms with Crippen LogP contribution in [0.2, 0.25) is 0 Å². The number of carbonyl (C=O) groups excluding carboxylic acids is 1. The van der Waals surface area contributed by atoms with Crippen LogP contribution < -0.4 is 5.32 Å². The fraction of sp³-hybridized carbons (Fsp3) is 0.100. The van der Waals surface area contributed by atoms with E-state index in [-0.39, 0.29) is 12.3 Å². The fourth-order valence-electron chi connectivity index (χ4n) is 3.45. The third-order valence-electron chi connectivity index (χ3n) is 4.56. The zero-order valence-electron chi connectivity index (χ0n) is 13.4. The molecule has 1 amide bonds. The van der Waals surface area contributed by atoms with Crippen LogP contribution >= 0.6 is 11.3 Å². The quantitative estimate of drug-likeness (QED) is 0.534. The van der Waals surface area contributed by atoms with Gasteiger partial charge < -0.3 is 5.32 Å². The molecule has 0 fully saturated rings. The summed E-state index contributed by atoms with van der Waals surface area (Å²) in [5.74, 6) is -0.0405. The predicted octanol–water partition coefficient (Wildman–Crippen LogP) is 4.15. The van der Waals surface area contributed by atoms with Gasteiger partial charge in [0.2, 0.25) is 5.91 Å². The van der Waals surface area contributed by atoms with Crippen LogP contribution in [-0.4, -0.2) is 15.3 Å². The Balaban J connectivity index is 1.34. The van der Waals surface area contributed by atoms with Crippen LogP contribution in [0.1, 0.15) is 16.8 Å². The number of anilines is 1. The number of nitrogens with one attached hydrogen (secondary N) is 1. The Morgan fingerprint density at radius 2 is 2.04 bits per heavy atom. The van der Waals surface area contributed by atoms with Crippen molar-refractivity contribution in [2.24, 2.45) is 0 Å². The number of fused-ring (bicyclic) bond motifs is 4. The second-order valence-electron chi connectivity index (χ2n) is 6.26. The van der Waals surface area contributed by atoms with Gasteiger partial charge in [-0.1, -0.05) is 30.3 Å². The number of amides is 1. The van der Waals surface area contributed by atoms with E-state index < -0.39 is 0 Å². The zero-order valence-corrected chi connectivity index (χ0v) is 14.2. The molecule has 5 rings (SSSR count). The van der Waals surface area contributed by atoms with Crippen LogP contribution in [0.4, 0.5) is 5.69 Å². The molecule has 0 saturated carbocycles. The van der Waals surface area contributed by atoms with Gasteiger partial charge in [-0.05, 0) is 40.8 Å². The number of thiazole rings is 1. The highest BCUT2D eigenvalue weighted by molar-refractivity contribution is 7.15. The van der Waals surface area contributed by atoms with Crippen LogP contribution in [0, 0.1) is 0 Å². The average molecular weight is 345 g/mol. The summed E-state index contributed by atoms with van der Waals surface area (Å²) in [5.41, 5.74) is 6.81. The molecule has 0 unspecified atom stereocenters. The SMILES string of the molecule is O=C(Cc1cn2ccsc2n1)Nc1ccc2c(c1)Cc1ccccc1-2. The Bertz CT molecular complexity index is 1080. The first-order chi connectivity index (χ1) is 12.3. The molecule has 0 atom stereocenters. The van der Waals surface area contributed by atoms with E-state index >= 15 is 0 Å². The molecule has 25 heavy (non-hydrogen) atoms. The van der Waals surface area contributed by atoms with E-state index in [1.54, 1.807) is 11.3 Å². The highest BCUT2D eigenvalue weighted by Crippen LogP contribution is 2.37. The van der Waals surface area contributed by atoms with Gasteiger partial charge >= 0.3 is 0 Å². The number of carbonyl (C=O) groups is 1. The highest BCUT2D eigenvalue weighted by atomic mass is 32.1. The molecule has 1 N–H and O–H groups in total. The molecule has 0 aliphatic heterocycles. The summed E-state index contributed by atoms with van der Waals surface area (Å²) in [6, 6.07) is 14.6. The summed E-state index contributed by atoms with van der Waals surface area (Å²) < 4.78 is 1.94. The minimum atomic E-state index is -0.0405. The van der Waals surface area contributed by atoms with Gasteiger partial charge in [-0.3, -0.25) is 9.20 Å². The summed E-state index contributed by atoms with van der Waals surface area (Å²) in [7, 11) is 0. The Morgan fingerprint density at radius 1 is 1.16 bits per heavy atom. The minimum absolute atomic E-state index is 0.0405. The third kappa shape index (κ3) is 2.53. The van der Waals surface area contributed by atoms with E-state index in [0.717, 1.165) is 22.8 Å². The monoisotopic (exact) mass is 345 g/mol. The summed E-state index contributed by atoms with van der Waals surface area (Å²) in [5, 5.41) is 4.98. The minimum Gasteiger partial charge on any atom is -0.326 e. The second kappa shape index (κ2) is 5.57. The first-order valence-corrected chi connectivity index (χ1v) is 9.06. The van der Waals surface area contributed by atoms with Crippen molar-refractivity contribution >= 4 is 27.9 Å². The molecule has 122 valence electrons. The molecule has 1 aliphatic rings. The lowest BCUT2D eigenvalue weighted by molar-refractivity contribution is -0.115. The number of imidazole rings is 1. The standard InChI is InChI=1S/C20H15N3OS/c24-19(11-16-12-23-7-8-25-20(23)22-16)21-15-5-6-18-14(10-15)9-13-3-1-2-4-17(13)18/h1-8,10,12H,9,11H2,(H,21,24). The van der Waals surface area contributed by atoms with Crippen LogP contribution in [0.3, 0.4) is 0 Å². The number of aromatic nitrogens is 2. The topological polar surface area (TPSA) is 46.4 Å². The fourth-order valence-corrected chi connectivity index (χ4v) is 4.17. The van der Waals surface area contributed by atoms with E-state index in [9.17, 15) is 4.79 Å². The molecule has 2 heterocycles. The first-order valence-electron chi connectivity index (χ1n) is 8.18. The Morgan fingerprint density at radius 3 is 2.96 bits per heavy atom. The maximum atomic E-state index is 12.3. The molecule has 5 heteroatoms. The number of benzene rings is 2. The van der Waals surface area contributed by atoms with Crippen molar-refractivity contribution in [3.8, 4) is 11.1 Å². The molecule has 2 aromatic carbocycles. The Kier molecular flexibility index (Phi) is 3.21. The number of hydrogen-bond acceptors (Lipinski definition) is 3. The van der Waals surface area contributed by atoms with Gasteiger partial charge in [-0.2, -0.15) is 0 Å². The maximum Gasteiger partial charge on any atom is 0.230 e. The average Bonchev–Trinajstić information content (AvgIpc) is 3.26. The third-order valence-corrected chi connectivity index (χ3v) is 5.33. The maximum absolute atomic E-state index is 12.3.